The van der Waals surface area contributed by atoms with Gasteiger partial charge in [-0.15, -0.1) is 0 Å². The van der Waals surface area contributed by atoms with Crippen LogP contribution in [-0.4, -0.2) is 23.6 Å². The number of nitrogens with zero attached hydrogens (tertiary/aromatic N) is 2. The minimum atomic E-state index is 0.117. The lowest BCUT2D eigenvalue weighted by atomic mass is 10.1. The molecule has 78 valence electrons. The van der Waals surface area contributed by atoms with Crippen LogP contribution in [0, 0.1) is 6.92 Å². The first-order chi connectivity index (χ1) is 6.45. The van der Waals surface area contributed by atoms with Crippen molar-refractivity contribution in [2.24, 2.45) is 7.05 Å². The van der Waals surface area contributed by atoms with Crippen molar-refractivity contribution in [2.75, 3.05) is 14.1 Å². The summed E-state index contributed by atoms with van der Waals surface area (Å²) < 4.78 is 2.02. The lowest BCUT2D eigenvalue weighted by Crippen LogP contribution is -2.24. The fraction of sp³-hybridized carbons (Fsp3) is 0.545. The highest BCUT2D eigenvalue weighted by Gasteiger charge is 2.14. The van der Waals surface area contributed by atoms with E-state index in [4.69, 9.17) is 0 Å². The molecule has 1 aromatic rings. The molecule has 1 heterocycles. The van der Waals surface area contributed by atoms with Gasteiger partial charge in [0.05, 0.1) is 0 Å². The van der Waals surface area contributed by atoms with Crippen LogP contribution in [0.2, 0.25) is 0 Å². The van der Waals surface area contributed by atoms with Crippen LogP contribution >= 0.6 is 0 Å². The maximum absolute atomic E-state index is 11.5. The highest BCUT2D eigenvalue weighted by Crippen LogP contribution is 2.17. The van der Waals surface area contributed by atoms with E-state index in [0.29, 0.717) is 0 Å². The molecule has 1 unspecified atom stereocenters. The largest absolute Gasteiger partial charge is 0.353 e. The van der Waals surface area contributed by atoms with Crippen LogP contribution in [0.1, 0.15) is 24.2 Å². The molecule has 1 atom stereocenters. The molecule has 0 fully saturated rings. The van der Waals surface area contributed by atoms with Crippen LogP contribution in [0.25, 0.3) is 0 Å². The van der Waals surface area contributed by atoms with E-state index in [2.05, 4.69) is 11.8 Å². The van der Waals surface area contributed by atoms with Crippen molar-refractivity contribution in [2.45, 2.75) is 19.9 Å². The lowest BCUT2D eigenvalue weighted by molar-refractivity contribution is 0.307. The molecule has 3 nitrogen and oxygen atoms in total. The van der Waals surface area contributed by atoms with Crippen molar-refractivity contribution in [1.29, 1.82) is 0 Å². The second-order valence-electron chi connectivity index (χ2n) is 3.94. The molecule has 0 saturated heterocycles. The zero-order valence-corrected chi connectivity index (χ0v) is 9.53. The van der Waals surface area contributed by atoms with Crippen molar-refractivity contribution in [3.8, 4) is 0 Å². The molecule has 0 amide bonds. The van der Waals surface area contributed by atoms with Crippen LogP contribution in [-0.2, 0) is 7.05 Å². The molecule has 3 heteroatoms. The van der Waals surface area contributed by atoms with Gasteiger partial charge in [0.1, 0.15) is 0 Å². The van der Waals surface area contributed by atoms with Crippen LogP contribution < -0.4 is 5.43 Å². The standard InChI is InChI=1S/C11H18N2O/c1-8-10(14)6-7-13(5)11(8)9(2)12(3)4/h6-7,9H,1-5H3. The number of rotatable bonds is 2. The number of pyridine rings is 1. The zero-order chi connectivity index (χ0) is 10.9. The van der Waals surface area contributed by atoms with Crippen LogP contribution in [0.15, 0.2) is 17.1 Å². The average molecular weight is 194 g/mol. The average Bonchev–Trinajstić information content (AvgIpc) is 2.12. The van der Waals surface area contributed by atoms with E-state index in [1.54, 1.807) is 6.07 Å². The summed E-state index contributed by atoms with van der Waals surface area (Å²) in [6.45, 7) is 3.99. The molecule has 0 radical (unpaired) electrons. The van der Waals surface area contributed by atoms with Crippen molar-refractivity contribution in [1.82, 2.24) is 9.47 Å². The Hall–Kier alpha value is -1.09. The molecular formula is C11H18N2O. The minimum absolute atomic E-state index is 0.117. The van der Waals surface area contributed by atoms with Gasteiger partial charge in [-0.25, -0.2) is 0 Å². The topological polar surface area (TPSA) is 25.2 Å². The van der Waals surface area contributed by atoms with Gasteiger partial charge in [-0.05, 0) is 27.9 Å². The summed E-state index contributed by atoms with van der Waals surface area (Å²) in [7, 11) is 6.00. The fourth-order valence-electron chi connectivity index (χ4n) is 1.63. The fourth-order valence-corrected chi connectivity index (χ4v) is 1.63. The number of aromatic nitrogens is 1. The second-order valence-corrected chi connectivity index (χ2v) is 3.94. The Morgan fingerprint density at radius 2 is 2.00 bits per heavy atom. The molecule has 0 N–H and O–H groups in total. The molecule has 1 rings (SSSR count). The summed E-state index contributed by atoms with van der Waals surface area (Å²) in [5, 5.41) is 0. The van der Waals surface area contributed by atoms with E-state index in [9.17, 15) is 4.79 Å². The Morgan fingerprint density at radius 1 is 1.43 bits per heavy atom. The molecule has 0 aliphatic heterocycles. The zero-order valence-electron chi connectivity index (χ0n) is 9.53. The summed E-state index contributed by atoms with van der Waals surface area (Å²) in [6, 6.07) is 1.87. The van der Waals surface area contributed by atoms with Crippen LogP contribution in [0.4, 0.5) is 0 Å². The maximum atomic E-state index is 11.5. The Bertz CT molecular complexity index is 379. The monoisotopic (exact) mass is 194 g/mol. The highest BCUT2D eigenvalue weighted by molar-refractivity contribution is 5.22. The third-order valence-corrected chi connectivity index (χ3v) is 2.75. The number of hydrogen-bond donors (Lipinski definition) is 0. The summed E-state index contributed by atoms with van der Waals surface area (Å²) >= 11 is 0. The third-order valence-electron chi connectivity index (χ3n) is 2.75. The summed E-state index contributed by atoms with van der Waals surface area (Å²) in [5.41, 5.74) is 2.05. The predicted octanol–water partition coefficient (Wildman–Crippen LogP) is 1.32. The lowest BCUT2D eigenvalue weighted by Gasteiger charge is -2.24. The van der Waals surface area contributed by atoms with Gasteiger partial charge in [0.25, 0.3) is 0 Å². The van der Waals surface area contributed by atoms with Crippen molar-refractivity contribution >= 4 is 0 Å². The Kier molecular flexibility index (Phi) is 3.11. The first-order valence-electron chi connectivity index (χ1n) is 4.77. The van der Waals surface area contributed by atoms with Crippen molar-refractivity contribution < 1.29 is 0 Å². The van der Waals surface area contributed by atoms with Gasteiger partial charge in [0.2, 0.25) is 0 Å². The second kappa shape index (κ2) is 3.96. The van der Waals surface area contributed by atoms with E-state index in [0.717, 1.165) is 11.3 Å². The molecule has 0 spiro atoms. The Balaban J connectivity index is 3.32. The molecule has 0 aromatic carbocycles. The number of aryl methyl sites for hydroxylation is 1. The van der Waals surface area contributed by atoms with Gasteiger partial charge in [0.15, 0.2) is 5.43 Å². The van der Waals surface area contributed by atoms with Crippen molar-refractivity contribution in [3.05, 3.63) is 33.7 Å². The molecule has 1 aromatic heterocycles. The van der Waals surface area contributed by atoms with E-state index in [-0.39, 0.29) is 11.5 Å². The first-order valence-corrected chi connectivity index (χ1v) is 4.77. The molecule has 0 bridgehead atoms. The quantitative estimate of drug-likeness (QED) is 0.709. The summed E-state index contributed by atoms with van der Waals surface area (Å²) in [5.74, 6) is 0. The van der Waals surface area contributed by atoms with E-state index in [1.165, 1.54) is 0 Å². The maximum Gasteiger partial charge on any atom is 0.184 e. The molecular weight excluding hydrogens is 176 g/mol. The Labute approximate surface area is 85.0 Å². The minimum Gasteiger partial charge on any atom is -0.353 e. The van der Waals surface area contributed by atoms with Gasteiger partial charge < -0.3 is 9.47 Å². The molecule has 14 heavy (non-hydrogen) atoms. The Morgan fingerprint density at radius 3 is 2.50 bits per heavy atom. The third kappa shape index (κ3) is 1.87. The van der Waals surface area contributed by atoms with Gasteiger partial charge in [0, 0.05) is 36.6 Å². The van der Waals surface area contributed by atoms with Gasteiger partial charge >= 0.3 is 0 Å². The van der Waals surface area contributed by atoms with Gasteiger partial charge in [-0.1, -0.05) is 0 Å². The van der Waals surface area contributed by atoms with Crippen LogP contribution in [0.5, 0.6) is 0 Å². The van der Waals surface area contributed by atoms with Crippen molar-refractivity contribution in [3.63, 3.8) is 0 Å². The van der Waals surface area contributed by atoms with Gasteiger partial charge in [-0.3, -0.25) is 4.79 Å². The van der Waals surface area contributed by atoms with E-state index < -0.39 is 0 Å². The SMILES string of the molecule is Cc1c(C(C)N(C)C)n(C)ccc1=O. The molecule has 0 aliphatic carbocycles. The normalized spacial score (nSPS) is 13.3. The summed E-state index contributed by atoms with van der Waals surface area (Å²) in [4.78, 5) is 13.6. The number of hydrogen-bond acceptors (Lipinski definition) is 2. The van der Waals surface area contributed by atoms with Gasteiger partial charge in [-0.2, -0.15) is 0 Å². The van der Waals surface area contributed by atoms with E-state index >= 15 is 0 Å². The predicted molar refractivity (Wildman–Crippen MR) is 58.5 cm³/mol. The molecule has 0 saturated carbocycles. The first kappa shape index (κ1) is 11.0. The molecule has 0 aliphatic rings. The van der Waals surface area contributed by atoms with Crippen LogP contribution in [0.3, 0.4) is 0 Å². The van der Waals surface area contributed by atoms with E-state index in [1.807, 2.05) is 38.8 Å². The smallest absolute Gasteiger partial charge is 0.184 e. The highest BCUT2D eigenvalue weighted by atomic mass is 16.1. The summed E-state index contributed by atoms with van der Waals surface area (Å²) in [6.07, 6.45) is 1.82.